The molecule has 2 rings (SSSR count). The third-order valence-corrected chi connectivity index (χ3v) is 5.25. The Balaban J connectivity index is 2.62. The van der Waals surface area contributed by atoms with Gasteiger partial charge in [-0.1, -0.05) is 11.8 Å². The Bertz CT molecular complexity index is 662. The molecule has 4 nitrogen and oxygen atoms in total. The second-order valence-electron chi connectivity index (χ2n) is 4.96. The van der Waals surface area contributed by atoms with Crippen molar-refractivity contribution in [1.82, 2.24) is 9.97 Å². The van der Waals surface area contributed by atoms with Gasteiger partial charge in [-0.05, 0) is 40.2 Å². The summed E-state index contributed by atoms with van der Waals surface area (Å²) in [6.07, 6.45) is 0. The van der Waals surface area contributed by atoms with E-state index in [1.54, 1.807) is 25.2 Å². The summed E-state index contributed by atoms with van der Waals surface area (Å²) in [4.78, 5) is 22.3. The standard InChI is InChI=1S/C13H16N2O2S2/c1-6-7(2)18-10-9(6)11(15-8(3)14-10)19-13(4,5)12(16)17/h1-5H3,(H,16,17). The van der Waals surface area contributed by atoms with E-state index >= 15 is 0 Å². The Hall–Kier alpha value is -1.14. The number of hydrogen-bond acceptors (Lipinski definition) is 5. The Kier molecular flexibility index (Phi) is 3.57. The number of thiophene rings is 1. The predicted octanol–water partition coefficient (Wildman–Crippen LogP) is 3.57. The second-order valence-corrected chi connectivity index (χ2v) is 7.77. The fraction of sp³-hybridized carbons (Fsp3) is 0.462. The summed E-state index contributed by atoms with van der Waals surface area (Å²) >= 11 is 2.91. The van der Waals surface area contributed by atoms with E-state index in [2.05, 4.69) is 9.97 Å². The zero-order valence-electron chi connectivity index (χ0n) is 11.6. The molecule has 2 aromatic rings. The van der Waals surface area contributed by atoms with Gasteiger partial charge < -0.3 is 5.11 Å². The van der Waals surface area contributed by atoms with E-state index in [0.717, 1.165) is 20.8 Å². The van der Waals surface area contributed by atoms with Gasteiger partial charge in [-0.3, -0.25) is 4.79 Å². The summed E-state index contributed by atoms with van der Waals surface area (Å²) in [6, 6.07) is 0. The van der Waals surface area contributed by atoms with Crippen LogP contribution in [-0.4, -0.2) is 25.8 Å². The van der Waals surface area contributed by atoms with Crippen LogP contribution in [0, 0.1) is 20.8 Å². The highest BCUT2D eigenvalue weighted by molar-refractivity contribution is 8.01. The van der Waals surface area contributed by atoms with E-state index in [1.165, 1.54) is 16.6 Å². The number of rotatable bonds is 3. The fourth-order valence-corrected chi connectivity index (χ4v) is 3.91. The maximum Gasteiger partial charge on any atom is 0.319 e. The first-order valence-electron chi connectivity index (χ1n) is 5.89. The molecule has 19 heavy (non-hydrogen) atoms. The van der Waals surface area contributed by atoms with Crippen molar-refractivity contribution in [2.45, 2.75) is 44.4 Å². The summed E-state index contributed by atoms with van der Waals surface area (Å²) in [5.74, 6) is -0.163. The molecule has 1 N–H and O–H groups in total. The van der Waals surface area contributed by atoms with Gasteiger partial charge in [-0.15, -0.1) is 11.3 Å². The van der Waals surface area contributed by atoms with Crippen LogP contribution in [0.1, 0.15) is 30.1 Å². The van der Waals surface area contributed by atoms with E-state index in [1.807, 2.05) is 20.8 Å². The number of nitrogens with zero attached hydrogens (tertiary/aromatic N) is 2. The van der Waals surface area contributed by atoms with Crippen molar-refractivity contribution in [3.8, 4) is 0 Å². The molecule has 2 heterocycles. The summed E-state index contributed by atoms with van der Waals surface area (Å²) < 4.78 is -0.907. The smallest absolute Gasteiger partial charge is 0.319 e. The molecule has 0 atom stereocenters. The fourth-order valence-electron chi connectivity index (χ4n) is 1.67. The quantitative estimate of drug-likeness (QED) is 0.693. The van der Waals surface area contributed by atoms with Gasteiger partial charge in [-0.2, -0.15) is 0 Å². The van der Waals surface area contributed by atoms with E-state index in [0.29, 0.717) is 5.82 Å². The van der Waals surface area contributed by atoms with Gasteiger partial charge in [0, 0.05) is 10.3 Å². The van der Waals surface area contributed by atoms with Crippen LogP contribution in [0.15, 0.2) is 5.03 Å². The van der Waals surface area contributed by atoms with Crippen molar-refractivity contribution in [2.24, 2.45) is 0 Å². The maximum atomic E-state index is 11.3. The molecular formula is C13H16N2O2S2. The van der Waals surface area contributed by atoms with Crippen LogP contribution in [0.2, 0.25) is 0 Å². The molecule has 102 valence electrons. The SMILES string of the molecule is Cc1nc(SC(C)(C)C(=O)O)c2c(C)c(C)sc2n1. The lowest BCUT2D eigenvalue weighted by molar-refractivity contribution is -0.138. The molecule has 0 saturated carbocycles. The lowest BCUT2D eigenvalue weighted by Gasteiger charge is -2.18. The normalized spacial score (nSPS) is 12.1. The molecule has 0 aliphatic heterocycles. The lowest BCUT2D eigenvalue weighted by atomic mass is 10.2. The first-order valence-corrected chi connectivity index (χ1v) is 7.52. The number of fused-ring (bicyclic) bond motifs is 1. The Morgan fingerprint density at radius 1 is 1.26 bits per heavy atom. The summed E-state index contributed by atoms with van der Waals surface area (Å²) in [7, 11) is 0. The van der Waals surface area contributed by atoms with Gasteiger partial charge in [0.05, 0.1) is 0 Å². The lowest BCUT2D eigenvalue weighted by Crippen LogP contribution is -2.27. The molecule has 0 fully saturated rings. The molecule has 0 aromatic carbocycles. The van der Waals surface area contributed by atoms with Crippen LogP contribution < -0.4 is 0 Å². The van der Waals surface area contributed by atoms with Gasteiger partial charge >= 0.3 is 5.97 Å². The van der Waals surface area contributed by atoms with Crippen LogP contribution in [0.3, 0.4) is 0 Å². The van der Waals surface area contributed by atoms with Crippen LogP contribution in [0.5, 0.6) is 0 Å². The minimum atomic E-state index is -0.907. The average molecular weight is 296 g/mol. The van der Waals surface area contributed by atoms with E-state index in [9.17, 15) is 9.90 Å². The Morgan fingerprint density at radius 3 is 2.47 bits per heavy atom. The van der Waals surface area contributed by atoms with Crippen LogP contribution in [0.25, 0.3) is 10.2 Å². The number of carboxylic acids is 1. The molecule has 6 heteroatoms. The highest BCUT2D eigenvalue weighted by Crippen LogP contribution is 2.39. The van der Waals surface area contributed by atoms with Gasteiger partial charge in [0.25, 0.3) is 0 Å². The van der Waals surface area contributed by atoms with Gasteiger partial charge in [0.1, 0.15) is 20.4 Å². The van der Waals surface area contributed by atoms with Crippen LogP contribution in [-0.2, 0) is 4.79 Å². The molecule has 2 aromatic heterocycles. The molecule has 0 spiro atoms. The van der Waals surface area contributed by atoms with E-state index < -0.39 is 10.7 Å². The number of carboxylic acid groups (broad SMARTS) is 1. The molecule has 0 saturated heterocycles. The highest BCUT2D eigenvalue weighted by atomic mass is 32.2. The first kappa shape index (κ1) is 14.3. The van der Waals surface area contributed by atoms with Crippen molar-refractivity contribution < 1.29 is 9.90 Å². The third kappa shape index (κ3) is 2.60. The van der Waals surface area contributed by atoms with Crippen molar-refractivity contribution in [1.29, 1.82) is 0 Å². The molecule has 0 aliphatic carbocycles. The van der Waals surface area contributed by atoms with Gasteiger partial charge in [-0.25, -0.2) is 9.97 Å². The third-order valence-electron chi connectivity index (χ3n) is 2.97. The van der Waals surface area contributed by atoms with Gasteiger partial charge in [0.15, 0.2) is 0 Å². The van der Waals surface area contributed by atoms with Crippen LogP contribution >= 0.6 is 23.1 Å². The zero-order valence-corrected chi connectivity index (χ0v) is 13.2. The number of aryl methyl sites for hydroxylation is 3. The minimum absolute atomic E-state index is 0.678. The first-order chi connectivity index (χ1) is 8.72. The highest BCUT2D eigenvalue weighted by Gasteiger charge is 2.30. The number of aromatic nitrogens is 2. The number of thioether (sulfide) groups is 1. The summed E-state index contributed by atoms with van der Waals surface area (Å²) in [5, 5.41) is 11.0. The molecule has 0 unspecified atom stereocenters. The zero-order chi connectivity index (χ0) is 14.4. The monoisotopic (exact) mass is 296 g/mol. The topological polar surface area (TPSA) is 63.1 Å². The minimum Gasteiger partial charge on any atom is -0.480 e. The average Bonchev–Trinajstić information content (AvgIpc) is 2.53. The molecule has 0 radical (unpaired) electrons. The summed E-state index contributed by atoms with van der Waals surface area (Å²) in [6.45, 7) is 9.30. The summed E-state index contributed by atoms with van der Waals surface area (Å²) in [5.41, 5.74) is 1.14. The van der Waals surface area contributed by atoms with E-state index in [-0.39, 0.29) is 0 Å². The van der Waals surface area contributed by atoms with Crippen molar-refractivity contribution >= 4 is 39.3 Å². The Morgan fingerprint density at radius 2 is 1.89 bits per heavy atom. The predicted molar refractivity (Wildman–Crippen MR) is 79.2 cm³/mol. The molecule has 0 amide bonds. The van der Waals surface area contributed by atoms with Crippen molar-refractivity contribution in [3.05, 3.63) is 16.3 Å². The number of aliphatic carboxylic acids is 1. The van der Waals surface area contributed by atoms with Crippen molar-refractivity contribution in [3.63, 3.8) is 0 Å². The molecule has 0 aliphatic rings. The van der Waals surface area contributed by atoms with E-state index in [4.69, 9.17) is 0 Å². The number of hydrogen-bond donors (Lipinski definition) is 1. The van der Waals surface area contributed by atoms with Crippen LogP contribution in [0.4, 0.5) is 0 Å². The maximum absolute atomic E-state index is 11.3. The van der Waals surface area contributed by atoms with Crippen molar-refractivity contribution in [2.75, 3.05) is 0 Å². The second kappa shape index (κ2) is 4.76. The molecular weight excluding hydrogens is 280 g/mol. The Labute approximate surface area is 120 Å². The largest absolute Gasteiger partial charge is 0.480 e. The molecule has 0 bridgehead atoms. The van der Waals surface area contributed by atoms with Gasteiger partial charge in [0.2, 0.25) is 0 Å². The number of carbonyl (C=O) groups is 1.